The molecule has 0 aliphatic carbocycles. The van der Waals surface area contributed by atoms with Crippen LogP contribution in [-0.2, 0) is 0 Å². The summed E-state index contributed by atoms with van der Waals surface area (Å²) >= 11 is 0. The van der Waals surface area contributed by atoms with Gasteiger partial charge >= 0.3 is 0 Å². The van der Waals surface area contributed by atoms with Crippen molar-refractivity contribution in [2.45, 2.75) is 26.3 Å². The zero-order valence-electron chi connectivity index (χ0n) is 10.1. The molecule has 0 saturated heterocycles. The van der Waals surface area contributed by atoms with E-state index in [2.05, 4.69) is 41.2 Å². The molecule has 1 rings (SSSR count). The van der Waals surface area contributed by atoms with Crippen molar-refractivity contribution < 1.29 is 0 Å². The second kappa shape index (κ2) is 5.71. The van der Waals surface area contributed by atoms with Gasteiger partial charge in [-0.3, -0.25) is 4.98 Å². The van der Waals surface area contributed by atoms with Crippen LogP contribution in [0.4, 0.5) is 5.69 Å². The van der Waals surface area contributed by atoms with E-state index in [4.69, 9.17) is 0 Å². The first kappa shape index (κ1) is 12.0. The third-order valence-electron chi connectivity index (χ3n) is 2.43. The van der Waals surface area contributed by atoms with Crippen molar-refractivity contribution in [3.63, 3.8) is 0 Å². The smallest absolute Gasteiger partial charge is 0.0572 e. The van der Waals surface area contributed by atoms with Crippen LogP contribution in [0, 0.1) is 0 Å². The number of pyridine rings is 1. The molecule has 1 atom stereocenters. The number of rotatable bonds is 5. The molecule has 1 aromatic heterocycles. The molecule has 0 amide bonds. The molecular formula is C12H21N3. The molecular weight excluding hydrogens is 186 g/mol. The van der Waals surface area contributed by atoms with Crippen LogP contribution in [0.15, 0.2) is 18.3 Å². The average Bonchev–Trinajstić information content (AvgIpc) is 2.26. The Balaban J connectivity index is 2.62. The number of hydrogen-bond acceptors (Lipinski definition) is 3. The normalized spacial score (nSPS) is 12.5. The molecule has 1 N–H and O–H groups in total. The van der Waals surface area contributed by atoms with Crippen LogP contribution < -0.4 is 10.2 Å². The van der Waals surface area contributed by atoms with Gasteiger partial charge in [0.2, 0.25) is 0 Å². The van der Waals surface area contributed by atoms with Crippen molar-refractivity contribution in [3.05, 3.63) is 24.0 Å². The van der Waals surface area contributed by atoms with Crippen LogP contribution in [-0.4, -0.2) is 25.6 Å². The molecule has 3 heteroatoms. The third kappa shape index (κ3) is 3.51. The Morgan fingerprint density at radius 2 is 2.13 bits per heavy atom. The largest absolute Gasteiger partial charge is 0.376 e. The molecule has 1 heterocycles. The van der Waals surface area contributed by atoms with Gasteiger partial charge in [0.1, 0.15) is 0 Å². The van der Waals surface area contributed by atoms with Crippen LogP contribution in [0.1, 0.15) is 32.0 Å². The van der Waals surface area contributed by atoms with Gasteiger partial charge in [-0.15, -0.1) is 0 Å². The molecule has 84 valence electrons. The Bertz CT molecular complexity index is 279. The van der Waals surface area contributed by atoms with E-state index >= 15 is 0 Å². The highest BCUT2D eigenvalue weighted by atomic mass is 15.1. The highest BCUT2D eigenvalue weighted by Gasteiger charge is 2.05. The molecule has 1 unspecified atom stereocenters. The fraction of sp³-hybridized carbons (Fsp3) is 0.583. The van der Waals surface area contributed by atoms with E-state index in [0.29, 0.717) is 6.04 Å². The van der Waals surface area contributed by atoms with Gasteiger partial charge in [-0.25, -0.2) is 0 Å². The van der Waals surface area contributed by atoms with Crippen molar-refractivity contribution in [2.24, 2.45) is 0 Å². The Labute approximate surface area is 92.5 Å². The minimum Gasteiger partial charge on any atom is -0.376 e. The summed E-state index contributed by atoms with van der Waals surface area (Å²) in [5.41, 5.74) is 2.25. The van der Waals surface area contributed by atoms with Gasteiger partial charge in [0.15, 0.2) is 0 Å². The molecule has 0 radical (unpaired) electrons. The molecule has 0 spiro atoms. The van der Waals surface area contributed by atoms with Gasteiger partial charge < -0.3 is 10.2 Å². The maximum Gasteiger partial charge on any atom is 0.0572 e. The van der Waals surface area contributed by atoms with Gasteiger partial charge in [-0.05, 0) is 32.0 Å². The highest BCUT2D eigenvalue weighted by Crippen LogP contribution is 2.14. The molecule has 0 saturated carbocycles. The SMILES string of the molecule is CCCNC(C)c1ccc(N(C)C)cn1. The Hall–Kier alpha value is -1.09. The van der Waals surface area contributed by atoms with Crippen LogP contribution in [0.3, 0.4) is 0 Å². The van der Waals surface area contributed by atoms with E-state index in [1.807, 2.05) is 20.3 Å². The highest BCUT2D eigenvalue weighted by molar-refractivity contribution is 5.42. The second-order valence-corrected chi connectivity index (χ2v) is 4.01. The Morgan fingerprint density at radius 1 is 1.40 bits per heavy atom. The maximum atomic E-state index is 4.45. The number of aromatic nitrogens is 1. The van der Waals surface area contributed by atoms with Crippen molar-refractivity contribution in [1.29, 1.82) is 0 Å². The lowest BCUT2D eigenvalue weighted by molar-refractivity contribution is 0.558. The summed E-state index contributed by atoms with van der Waals surface area (Å²) in [6.07, 6.45) is 3.07. The van der Waals surface area contributed by atoms with Crippen molar-refractivity contribution >= 4 is 5.69 Å². The molecule has 1 aromatic rings. The zero-order valence-corrected chi connectivity index (χ0v) is 10.1. The number of hydrogen-bond donors (Lipinski definition) is 1. The van der Waals surface area contributed by atoms with Crippen LogP contribution in [0.2, 0.25) is 0 Å². The lowest BCUT2D eigenvalue weighted by atomic mass is 10.2. The lowest BCUT2D eigenvalue weighted by Gasteiger charge is -2.15. The standard InChI is InChI=1S/C12H21N3/c1-5-8-13-10(2)12-7-6-11(9-14-12)15(3)4/h6-7,9-10,13H,5,8H2,1-4H3. The lowest BCUT2D eigenvalue weighted by Crippen LogP contribution is -2.20. The summed E-state index contributed by atoms with van der Waals surface area (Å²) in [4.78, 5) is 6.51. The first-order valence-corrected chi connectivity index (χ1v) is 5.51. The van der Waals surface area contributed by atoms with Crippen molar-refractivity contribution in [1.82, 2.24) is 10.3 Å². The molecule has 0 aliphatic heterocycles. The molecule has 0 aliphatic rings. The fourth-order valence-electron chi connectivity index (χ4n) is 1.38. The average molecular weight is 207 g/mol. The first-order chi connectivity index (χ1) is 7.15. The topological polar surface area (TPSA) is 28.2 Å². The van der Waals surface area contributed by atoms with Gasteiger partial charge in [-0.2, -0.15) is 0 Å². The summed E-state index contributed by atoms with van der Waals surface area (Å²) < 4.78 is 0. The van der Waals surface area contributed by atoms with E-state index in [-0.39, 0.29) is 0 Å². The van der Waals surface area contributed by atoms with Crippen LogP contribution in [0.25, 0.3) is 0 Å². The summed E-state index contributed by atoms with van der Waals surface area (Å²) in [6.45, 7) is 5.36. The zero-order chi connectivity index (χ0) is 11.3. The second-order valence-electron chi connectivity index (χ2n) is 4.01. The van der Waals surface area contributed by atoms with Crippen molar-refractivity contribution in [2.75, 3.05) is 25.5 Å². The van der Waals surface area contributed by atoms with Gasteiger partial charge in [0.05, 0.1) is 17.6 Å². The molecule has 0 bridgehead atoms. The quantitative estimate of drug-likeness (QED) is 0.802. The fourth-order valence-corrected chi connectivity index (χ4v) is 1.38. The predicted octanol–water partition coefficient (Wildman–Crippen LogP) is 2.21. The number of anilines is 1. The predicted molar refractivity (Wildman–Crippen MR) is 65.3 cm³/mol. The Kier molecular flexibility index (Phi) is 4.56. The first-order valence-electron chi connectivity index (χ1n) is 5.51. The molecule has 0 aromatic carbocycles. The van der Waals surface area contributed by atoms with E-state index < -0.39 is 0 Å². The number of nitrogens with zero attached hydrogens (tertiary/aromatic N) is 2. The van der Waals surface area contributed by atoms with Crippen LogP contribution >= 0.6 is 0 Å². The number of nitrogens with one attached hydrogen (secondary N) is 1. The molecule has 3 nitrogen and oxygen atoms in total. The molecule has 0 fully saturated rings. The third-order valence-corrected chi connectivity index (χ3v) is 2.43. The van der Waals surface area contributed by atoms with Gasteiger partial charge in [0.25, 0.3) is 0 Å². The van der Waals surface area contributed by atoms with E-state index in [1.165, 1.54) is 0 Å². The summed E-state index contributed by atoms with van der Waals surface area (Å²) in [7, 11) is 4.05. The van der Waals surface area contributed by atoms with E-state index in [1.54, 1.807) is 0 Å². The molecule has 15 heavy (non-hydrogen) atoms. The van der Waals surface area contributed by atoms with E-state index in [9.17, 15) is 0 Å². The monoisotopic (exact) mass is 207 g/mol. The Morgan fingerprint density at radius 3 is 2.60 bits per heavy atom. The maximum absolute atomic E-state index is 4.45. The summed E-state index contributed by atoms with van der Waals surface area (Å²) in [5.74, 6) is 0. The summed E-state index contributed by atoms with van der Waals surface area (Å²) in [6, 6.07) is 4.52. The van der Waals surface area contributed by atoms with E-state index in [0.717, 1.165) is 24.3 Å². The minimum absolute atomic E-state index is 0.334. The minimum atomic E-state index is 0.334. The summed E-state index contributed by atoms with van der Waals surface area (Å²) in [5, 5.41) is 3.42. The van der Waals surface area contributed by atoms with Gasteiger partial charge in [0, 0.05) is 20.1 Å². The van der Waals surface area contributed by atoms with Crippen molar-refractivity contribution in [3.8, 4) is 0 Å². The van der Waals surface area contributed by atoms with Gasteiger partial charge in [-0.1, -0.05) is 6.92 Å². The van der Waals surface area contributed by atoms with Crippen LogP contribution in [0.5, 0.6) is 0 Å².